The number of benzene rings is 2. The summed E-state index contributed by atoms with van der Waals surface area (Å²) in [4.78, 5) is 16.7. The number of nitrogens with zero attached hydrogens (tertiary/aromatic N) is 2. The minimum absolute atomic E-state index is 0.122. The lowest BCUT2D eigenvalue weighted by molar-refractivity contribution is -0.137. The Morgan fingerprint density at radius 1 is 1.14 bits per heavy atom. The molecule has 0 saturated carbocycles. The molecule has 0 N–H and O–H groups in total. The number of methoxy groups -OCH3 is 1. The summed E-state index contributed by atoms with van der Waals surface area (Å²) in [5.41, 5.74) is 0.195. The predicted molar refractivity (Wildman–Crippen MR) is 101 cm³/mol. The maximum absolute atomic E-state index is 13.1. The first-order chi connectivity index (χ1) is 13.8. The predicted octanol–water partition coefficient (Wildman–Crippen LogP) is 5.58. The normalized spacial score (nSPS) is 11.0. The Morgan fingerprint density at radius 3 is 2.59 bits per heavy atom. The molecule has 0 saturated heterocycles. The molecular weight excluding hydrogens is 401 g/mol. The molecule has 0 amide bonds. The van der Waals surface area contributed by atoms with Crippen LogP contribution < -0.4 is 0 Å². The Kier molecular flexibility index (Phi) is 5.89. The van der Waals surface area contributed by atoms with Gasteiger partial charge in [0.1, 0.15) is 11.1 Å². The van der Waals surface area contributed by atoms with Gasteiger partial charge in [-0.05, 0) is 35.9 Å². The van der Waals surface area contributed by atoms with Crippen molar-refractivity contribution in [2.24, 2.45) is 0 Å². The highest BCUT2D eigenvalue weighted by atomic mass is 32.2. The van der Waals surface area contributed by atoms with E-state index in [1.165, 1.54) is 31.5 Å². The number of ether oxygens (including phenoxy) is 1. The maximum atomic E-state index is 13.1. The van der Waals surface area contributed by atoms with Crippen LogP contribution in [-0.4, -0.2) is 18.1 Å². The van der Waals surface area contributed by atoms with Crippen LogP contribution in [0.5, 0.6) is 0 Å². The van der Waals surface area contributed by atoms with E-state index in [0.29, 0.717) is 16.0 Å². The molecule has 0 unspecified atom stereocenters. The fraction of sp³-hybridized carbons (Fsp3) is 0.0952. The summed E-state index contributed by atoms with van der Waals surface area (Å²) in [6.07, 6.45) is -3.08. The van der Waals surface area contributed by atoms with E-state index in [9.17, 15) is 23.2 Å². The van der Waals surface area contributed by atoms with Gasteiger partial charge in [-0.1, -0.05) is 36.0 Å². The number of rotatable bonds is 4. The van der Waals surface area contributed by atoms with Crippen molar-refractivity contribution < 1.29 is 22.7 Å². The van der Waals surface area contributed by atoms with Crippen LogP contribution in [0.25, 0.3) is 11.1 Å². The number of nitriles is 1. The van der Waals surface area contributed by atoms with E-state index in [0.717, 1.165) is 23.9 Å². The van der Waals surface area contributed by atoms with Gasteiger partial charge in [-0.25, -0.2) is 9.78 Å². The largest absolute Gasteiger partial charge is 0.465 e. The average molecular weight is 414 g/mol. The number of hydrogen-bond donors (Lipinski definition) is 0. The number of carbonyl (C=O) groups is 1. The topological polar surface area (TPSA) is 63.0 Å². The van der Waals surface area contributed by atoms with E-state index < -0.39 is 17.7 Å². The summed E-state index contributed by atoms with van der Waals surface area (Å²) in [5, 5.41) is 9.95. The van der Waals surface area contributed by atoms with E-state index >= 15 is 0 Å². The molecule has 0 aliphatic rings. The second-order valence-electron chi connectivity index (χ2n) is 5.82. The molecule has 0 fully saturated rings. The Hall–Kier alpha value is -3.31. The van der Waals surface area contributed by atoms with Crippen LogP contribution in [0.3, 0.4) is 0 Å². The van der Waals surface area contributed by atoms with Crippen molar-refractivity contribution in [3.8, 4) is 17.2 Å². The highest BCUT2D eigenvalue weighted by Gasteiger charge is 2.30. The zero-order valence-corrected chi connectivity index (χ0v) is 15.8. The van der Waals surface area contributed by atoms with Gasteiger partial charge in [-0.15, -0.1) is 0 Å². The quantitative estimate of drug-likeness (QED) is 0.522. The fourth-order valence-electron chi connectivity index (χ4n) is 2.67. The monoisotopic (exact) mass is 414 g/mol. The minimum atomic E-state index is -4.49. The lowest BCUT2D eigenvalue weighted by atomic mass is 10.0. The number of alkyl halides is 3. The molecule has 1 aromatic heterocycles. The fourth-order valence-corrected chi connectivity index (χ4v) is 3.66. The molecule has 29 heavy (non-hydrogen) atoms. The summed E-state index contributed by atoms with van der Waals surface area (Å²) in [5.74, 6) is -0.541. The first-order valence-corrected chi connectivity index (χ1v) is 9.08. The Bertz CT molecular complexity index is 1110. The van der Waals surface area contributed by atoms with Crippen LogP contribution >= 0.6 is 11.8 Å². The SMILES string of the molecule is COC(=O)c1ccccc1Sc1nccc(-c2cccc(C(F)(F)F)c2)c1C#N. The van der Waals surface area contributed by atoms with Crippen LogP contribution in [0.1, 0.15) is 21.5 Å². The molecule has 2 aromatic carbocycles. The van der Waals surface area contributed by atoms with Gasteiger partial charge in [0.2, 0.25) is 0 Å². The number of aromatic nitrogens is 1. The van der Waals surface area contributed by atoms with Gasteiger partial charge in [0.25, 0.3) is 0 Å². The summed E-state index contributed by atoms with van der Waals surface area (Å²) in [7, 11) is 1.26. The zero-order chi connectivity index (χ0) is 21.0. The van der Waals surface area contributed by atoms with Gasteiger partial charge in [0.15, 0.2) is 0 Å². The van der Waals surface area contributed by atoms with Crippen molar-refractivity contribution in [3.05, 3.63) is 77.5 Å². The number of carbonyl (C=O) groups excluding carboxylic acids is 1. The summed E-state index contributed by atoms with van der Waals surface area (Å²) in [6, 6.07) is 14.9. The molecule has 0 spiro atoms. The van der Waals surface area contributed by atoms with Gasteiger partial charge in [0, 0.05) is 16.7 Å². The lowest BCUT2D eigenvalue weighted by Crippen LogP contribution is -2.05. The first kappa shape index (κ1) is 20.4. The van der Waals surface area contributed by atoms with Crippen molar-refractivity contribution in [1.82, 2.24) is 4.98 Å². The van der Waals surface area contributed by atoms with Crippen molar-refractivity contribution >= 4 is 17.7 Å². The molecule has 146 valence electrons. The van der Waals surface area contributed by atoms with Crippen LogP contribution in [-0.2, 0) is 10.9 Å². The Morgan fingerprint density at radius 2 is 1.90 bits per heavy atom. The summed E-state index contributed by atoms with van der Waals surface area (Å²) in [6.45, 7) is 0. The van der Waals surface area contributed by atoms with Crippen molar-refractivity contribution in [1.29, 1.82) is 5.26 Å². The molecule has 3 aromatic rings. The van der Waals surface area contributed by atoms with E-state index in [1.54, 1.807) is 24.3 Å². The molecule has 1 heterocycles. The van der Waals surface area contributed by atoms with E-state index in [2.05, 4.69) is 4.98 Å². The third kappa shape index (κ3) is 4.41. The van der Waals surface area contributed by atoms with Gasteiger partial charge in [-0.3, -0.25) is 0 Å². The van der Waals surface area contributed by atoms with Crippen molar-refractivity contribution in [2.75, 3.05) is 7.11 Å². The molecule has 3 rings (SSSR count). The first-order valence-electron chi connectivity index (χ1n) is 8.27. The molecule has 4 nitrogen and oxygen atoms in total. The van der Waals surface area contributed by atoms with Gasteiger partial charge in [0.05, 0.1) is 23.8 Å². The number of hydrogen-bond acceptors (Lipinski definition) is 5. The zero-order valence-electron chi connectivity index (χ0n) is 15.0. The Labute approximate surface area is 169 Å². The Balaban J connectivity index is 2.08. The van der Waals surface area contributed by atoms with Crippen LogP contribution in [0.15, 0.2) is 70.7 Å². The summed E-state index contributed by atoms with van der Waals surface area (Å²) < 4.78 is 43.9. The number of pyridine rings is 1. The van der Waals surface area contributed by atoms with Crippen molar-refractivity contribution in [3.63, 3.8) is 0 Å². The van der Waals surface area contributed by atoms with Crippen LogP contribution in [0.2, 0.25) is 0 Å². The molecule has 0 radical (unpaired) electrons. The second kappa shape index (κ2) is 8.37. The van der Waals surface area contributed by atoms with Gasteiger partial charge >= 0.3 is 12.1 Å². The van der Waals surface area contributed by atoms with Gasteiger partial charge < -0.3 is 4.74 Å². The summed E-state index contributed by atoms with van der Waals surface area (Å²) >= 11 is 1.07. The number of esters is 1. The van der Waals surface area contributed by atoms with Crippen LogP contribution in [0.4, 0.5) is 13.2 Å². The van der Waals surface area contributed by atoms with Crippen LogP contribution in [0, 0.1) is 11.3 Å². The highest BCUT2D eigenvalue weighted by Crippen LogP contribution is 2.37. The maximum Gasteiger partial charge on any atom is 0.416 e. The van der Waals surface area contributed by atoms with Crippen molar-refractivity contribution in [2.45, 2.75) is 16.1 Å². The molecular formula is C21H13F3N2O2S. The standard InChI is InChI=1S/C21H13F3N2O2S/c1-28-20(27)16-7-2-3-8-18(16)29-19-17(12-25)15(9-10-26-19)13-5-4-6-14(11-13)21(22,23)24/h2-11H,1H3. The molecule has 0 aliphatic heterocycles. The van der Waals surface area contributed by atoms with Gasteiger partial charge in [-0.2, -0.15) is 18.4 Å². The van der Waals surface area contributed by atoms with E-state index in [1.807, 2.05) is 6.07 Å². The average Bonchev–Trinajstić information content (AvgIpc) is 2.73. The second-order valence-corrected chi connectivity index (χ2v) is 6.85. The molecule has 8 heteroatoms. The smallest absolute Gasteiger partial charge is 0.416 e. The third-order valence-electron chi connectivity index (χ3n) is 4.03. The third-order valence-corrected chi connectivity index (χ3v) is 5.11. The number of halogens is 3. The minimum Gasteiger partial charge on any atom is -0.465 e. The molecule has 0 bridgehead atoms. The molecule has 0 aliphatic carbocycles. The highest BCUT2D eigenvalue weighted by molar-refractivity contribution is 7.99. The lowest BCUT2D eigenvalue weighted by Gasteiger charge is -2.12. The van der Waals surface area contributed by atoms with E-state index in [-0.39, 0.29) is 16.2 Å². The molecule has 0 atom stereocenters. The van der Waals surface area contributed by atoms with E-state index in [4.69, 9.17) is 4.74 Å².